The molecule has 3 aromatic carbocycles. The van der Waals surface area contributed by atoms with E-state index in [0.717, 1.165) is 11.1 Å². The van der Waals surface area contributed by atoms with E-state index < -0.39 is 29.9 Å². The maximum Gasteiger partial charge on any atom is 0.356 e. The van der Waals surface area contributed by atoms with Crippen LogP contribution in [0.25, 0.3) is 0 Å². The molecule has 0 heterocycles. The third-order valence-electron chi connectivity index (χ3n) is 4.80. The zero-order valence-electron chi connectivity index (χ0n) is 17.3. The minimum Gasteiger partial charge on any atom is -0.480 e. The lowest BCUT2D eigenvalue weighted by Crippen LogP contribution is -2.52. The standard InChI is InChI=1S/C25H24N2O5/c28-23(26-22(24(29)30)17-19-12-6-2-7-13-19)21(16-18-10-4-1-5-11-18)27-32-25(31)20-14-8-3-9-15-20/h1-15,21-22,27H,16-17H2,(H,26,28)(H,29,30)/t21-,22-/m0/s1. The van der Waals surface area contributed by atoms with Crippen molar-refractivity contribution >= 4 is 17.8 Å². The van der Waals surface area contributed by atoms with E-state index in [4.69, 9.17) is 4.84 Å². The Morgan fingerprint density at radius 3 is 1.69 bits per heavy atom. The average Bonchev–Trinajstić information content (AvgIpc) is 2.82. The zero-order valence-corrected chi connectivity index (χ0v) is 17.3. The van der Waals surface area contributed by atoms with Gasteiger partial charge in [-0.05, 0) is 29.7 Å². The molecule has 3 rings (SSSR count). The molecule has 7 heteroatoms. The van der Waals surface area contributed by atoms with Crippen LogP contribution in [0, 0.1) is 0 Å². The molecule has 0 fully saturated rings. The van der Waals surface area contributed by atoms with Crippen molar-refractivity contribution in [3.05, 3.63) is 108 Å². The van der Waals surface area contributed by atoms with Crippen molar-refractivity contribution < 1.29 is 24.3 Å². The number of carbonyl (C=O) groups excluding carboxylic acids is 2. The largest absolute Gasteiger partial charge is 0.480 e. The average molecular weight is 432 g/mol. The fraction of sp³-hybridized carbons (Fsp3) is 0.160. The first-order chi connectivity index (χ1) is 15.5. The highest BCUT2D eigenvalue weighted by atomic mass is 16.7. The zero-order chi connectivity index (χ0) is 22.8. The van der Waals surface area contributed by atoms with Gasteiger partial charge in [0.1, 0.15) is 12.1 Å². The lowest BCUT2D eigenvalue weighted by atomic mass is 10.0. The molecule has 0 aliphatic carbocycles. The maximum atomic E-state index is 13.0. The molecule has 0 saturated heterocycles. The number of carboxylic acids is 1. The number of rotatable bonds is 10. The summed E-state index contributed by atoms with van der Waals surface area (Å²) >= 11 is 0. The molecular weight excluding hydrogens is 408 g/mol. The Bertz CT molecular complexity index is 1030. The van der Waals surface area contributed by atoms with Gasteiger partial charge >= 0.3 is 11.9 Å². The first-order valence-corrected chi connectivity index (χ1v) is 10.2. The summed E-state index contributed by atoms with van der Waals surface area (Å²) in [6, 6.07) is 24.5. The summed E-state index contributed by atoms with van der Waals surface area (Å²) in [4.78, 5) is 42.2. The fourth-order valence-corrected chi connectivity index (χ4v) is 3.12. The Kier molecular flexibility index (Phi) is 8.11. The van der Waals surface area contributed by atoms with E-state index in [2.05, 4.69) is 10.8 Å². The van der Waals surface area contributed by atoms with Gasteiger partial charge in [0.25, 0.3) is 0 Å². The second-order valence-electron chi connectivity index (χ2n) is 7.20. The van der Waals surface area contributed by atoms with E-state index in [9.17, 15) is 19.5 Å². The number of amides is 1. The molecule has 7 nitrogen and oxygen atoms in total. The van der Waals surface area contributed by atoms with Crippen molar-refractivity contribution in [1.29, 1.82) is 0 Å². The molecule has 2 atom stereocenters. The minimum atomic E-state index is -1.15. The molecule has 3 N–H and O–H groups in total. The van der Waals surface area contributed by atoms with Gasteiger partial charge in [-0.3, -0.25) is 4.79 Å². The Hall–Kier alpha value is -3.97. The molecule has 0 bridgehead atoms. The highest BCUT2D eigenvalue weighted by molar-refractivity contribution is 5.90. The summed E-state index contributed by atoms with van der Waals surface area (Å²) in [6.07, 6.45) is 0.330. The van der Waals surface area contributed by atoms with Crippen molar-refractivity contribution in [3.63, 3.8) is 0 Å². The molecule has 0 spiro atoms. The molecule has 0 aromatic heterocycles. The molecule has 0 unspecified atom stereocenters. The van der Waals surface area contributed by atoms with Gasteiger partial charge in [0, 0.05) is 6.42 Å². The molecule has 0 aliphatic heterocycles. The number of hydroxylamine groups is 1. The van der Waals surface area contributed by atoms with Crippen LogP contribution < -0.4 is 10.8 Å². The first kappa shape index (κ1) is 22.7. The quantitative estimate of drug-likeness (QED) is 0.426. The van der Waals surface area contributed by atoms with E-state index in [1.165, 1.54) is 0 Å². The molecular formula is C25H24N2O5. The van der Waals surface area contributed by atoms with Gasteiger partial charge < -0.3 is 15.3 Å². The summed E-state index contributed by atoms with van der Waals surface area (Å²) in [6.45, 7) is 0. The summed E-state index contributed by atoms with van der Waals surface area (Å²) < 4.78 is 0. The topological polar surface area (TPSA) is 105 Å². The summed E-state index contributed by atoms with van der Waals surface area (Å²) in [5.41, 5.74) is 4.45. The molecule has 0 saturated carbocycles. The van der Waals surface area contributed by atoms with E-state index in [0.29, 0.717) is 5.56 Å². The first-order valence-electron chi connectivity index (χ1n) is 10.2. The Morgan fingerprint density at radius 1 is 0.719 bits per heavy atom. The lowest BCUT2D eigenvalue weighted by molar-refractivity contribution is -0.142. The second-order valence-corrected chi connectivity index (χ2v) is 7.20. The number of hydrogen-bond donors (Lipinski definition) is 3. The van der Waals surface area contributed by atoms with Gasteiger partial charge in [0.2, 0.25) is 5.91 Å². The lowest BCUT2D eigenvalue weighted by Gasteiger charge is -2.21. The number of aliphatic carboxylic acids is 1. The van der Waals surface area contributed by atoms with Gasteiger partial charge in [-0.2, -0.15) is 0 Å². The van der Waals surface area contributed by atoms with E-state index in [1.54, 1.807) is 54.6 Å². The molecule has 32 heavy (non-hydrogen) atoms. The molecule has 0 radical (unpaired) electrons. The third-order valence-corrected chi connectivity index (χ3v) is 4.80. The number of hydrogen-bond acceptors (Lipinski definition) is 5. The van der Waals surface area contributed by atoms with Crippen LogP contribution in [0.3, 0.4) is 0 Å². The van der Waals surface area contributed by atoms with Crippen molar-refractivity contribution in [2.45, 2.75) is 24.9 Å². The fourth-order valence-electron chi connectivity index (χ4n) is 3.12. The van der Waals surface area contributed by atoms with E-state index >= 15 is 0 Å². The predicted octanol–water partition coefficient (Wildman–Crippen LogP) is 2.77. The van der Waals surface area contributed by atoms with Crippen LogP contribution in [-0.2, 0) is 27.3 Å². The van der Waals surface area contributed by atoms with Crippen LogP contribution >= 0.6 is 0 Å². The smallest absolute Gasteiger partial charge is 0.356 e. The van der Waals surface area contributed by atoms with Gasteiger partial charge in [0.15, 0.2) is 0 Å². The van der Waals surface area contributed by atoms with Gasteiger partial charge in [-0.1, -0.05) is 78.9 Å². The van der Waals surface area contributed by atoms with Crippen LogP contribution in [0.2, 0.25) is 0 Å². The van der Waals surface area contributed by atoms with Crippen LogP contribution in [0.4, 0.5) is 0 Å². The highest BCUT2D eigenvalue weighted by Crippen LogP contribution is 2.08. The number of carbonyl (C=O) groups is 3. The van der Waals surface area contributed by atoms with Gasteiger partial charge in [-0.25, -0.2) is 9.59 Å². The van der Waals surface area contributed by atoms with Crippen molar-refractivity contribution in [2.75, 3.05) is 0 Å². The molecule has 3 aromatic rings. The Balaban J connectivity index is 1.71. The van der Waals surface area contributed by atoms with Crippen LogP contribution in [0.1, 0.15) is 21.5 Å². The van der Waals surface area contributed by atoms with E-state index in [1.807, 2.05) is 36.4 Å². The van der Waals surface area contributed by atoms with Crippen molar-refractivity contribution in [1.82, 2.24) is 10.8 Å². The molecule has 0 aliphatic rings. The minimum absolute atomic E-state index is 0.129. The Labute approximate surface area is 186 Å². The third kappa shape index (κ3) is 6.78. The molecule has 164 valence electrons. The van der Waals surface area contributed by atoms with Crippen LogP contribution in [0.15, 0.2) is 91.0 Å². The SMILES string of the molecule is O=C(ON[C@@H](Cc1ccccc1)C(=O)N[C@@H](Cc1ccccc1)C(=O)O)c1ccccc1. The van der Waals surface area contributed by atoms with Crippen LogP contribution in [-0.4, -0.2) is 35.0 Å². The van der Waals surface area contributed by atoms with Crippen molar-refractivity contribution in [3.8, 4) is 0 Å². The number of carboxylic acid groups (broad SMARTS) is 1. The molecule has 1 amide bonds. The number of benzene rings is 3. The second kappa shape index (κ2) is 11.4. The van der Waals surface area contributed by atoms with Crippen molar-refractivity contribution in [2.24, 2.45) is 0 Å². The van der Waals surface area contributed by atoms with Gasteiger partial charge in [-0.15, -0.1) is 5.48 Å². The van der Waals surface area contributed by atoms with Gasteiger partial charge in [0.05, 0.1) is 5.56 Å². The Morgan fingerprint density at radius 2 is 1.19 bits per heavy atom. The predicted molar refractivity (Wildman–Crippen MR) is 119 cm³/mol. The maximum absolute atomic E-state index is 13.0. The van der Waals surface area contributed by atoms with Crippen LogP contribution in [0.5, 0.6) is 0 Å². The summed E-state index contributed by atoms with van der Waals surface area (Å²) in [5, 5.41) is 12.2. The summed E-state index contributed by atoms with van der Waals surface area (Å²) in [7, 11) is 0. The monoisotopic (exact) mass is 432 g/mol. The highest BCUT2D eigenvalue weighted by Gasteiger charge is 2.27. The normalized spacial score (nSPS) is 12.4. The number of nitrogens with one attached hydrogen (secondary N) is 2. The van der Waals surface area contributed by atoms with E-state index in [-0.39, 0.29) is 12.8 Å². The summed E-state index contributed by atoms with van der Waals surface area (Å²) in [5.74, 6) is -2.38.